The molecule has 3 heterocycles. The lowest BCUT2D eigenvalue weighted by atomic mass is 9.77. The van der Waals surface area contributed by atoms with Gasteiger partial charge in [0.05, 0.1) is 33.5 Å². The van der Waals surface area contributed by atoms with Crippen molar-refractivity contribution in [2.24, 2.45) is 5.41 Å². The van der Waals surface area contributed by atoms with E-state index in [0.717, 1.165) is 50.8 Å². The van der Waals surface area contributed by atoms with Crippen molar-refractivity contribution >= 4 is 32.3 Å². The van der Waals surface area contributed by atoms with Crippen molar-refractivity contribution < 1.29 is 28.8 Å². The number of hydrogen-bond donors (Lipinski definition) is 1. The van der Waals surface area contributed by atoms with Gasteiger partial charge in [-0.3, -0.25) is 0 Å². The maximum atomic E-state index is 12.9. The molecule has 45 heavy (non-hydrogen) atoms. The van der Waals surface area contributed by atoms with Gasteiger partial charge in [0.2, 0.25) is 0 Å². The number of hydrogen-bond acceptors (Lipinski definition) is 6. The van der Waals surface area contributed by atoms with E-state index in [-0.39, 0.29) is 5.41 Å². The number of aliphatic hydroxyl groups is 1. The molecule has 3 fully saturated rings. The minimum absolute atomic E-state index is 0.0503. The molecule has 9 rings (SSSR count). The highest BCUT2D eigenvalue weighted by Gasteiger charge is 2.49. The molecule has 6 aromatic carbocycles. The van der Waals surface area contributed by atoms with Crippen molar-refractivity contribution in [3.63, 3.8) is 0 Å². The van der Waals surface area contributed by atoms with E-state index in [9.17, 15) is 5.11 Å². The molecule has 2 bridgehead atoms. The summed E-state index contributed by atoms with van der Waals surface area (Å²) < 4.78 is 29.3. The van der Waals surface area contributed by atoms with E-state index in [4.69, 9.17) is 23.7 Å². The van der Waals surface area contributed by atoms with Crippen LogP contribution in [0.25, 0.3) is 32.3 Å². The van der Waals surface area contributed by atoms with Gasteiger partial charge < -0.3 is 28.8 Å². The molecular formula is C39H36O6. The number of fused-ring (bicyclic) bond motifs is 3. The molecule has 228 valence electrons. The molecule has 0 saturated carbocycles. The van der Waals surface area contributed by atoms with Gasteiger partial charge in [0.15, 0.2) is 0 Å². The fraction of sp³-hybridized carbons (Fsp3) is 0.282. The zero-order valence-corrected chi connectivity index (χ0v) is 25.5. The molecule has 0 amide bonds. The molecular weight excluding hydrogens is 564 g/mol. The normalized spacial score (nSPS) is 22.6. The first-order valence-corrected chi connectivity index (χ1v) is 15.6. The first kappa shape index (κ1) is 28.3. The molecule has 0 aliphatic carbocycles. The van der Waals surface area contributed by atoms with Crippen molar-refractivity contribution in [1.29, 1.82) is 0 Å². The highest BCUT2D eigenvalue weighted by Crippen LogP contribution is 2.45. The molecule has 3 saturated heterocycles. The van der Waals surface area contributed by atoms with Crippen LogP contribution in [-0.4, -0.2) is 44.6 Å². The smallest absolute Gasteiger partial charge is 0.283 e. The Bertz CT molecular complexity index is 1940. The van der Waals surface area contributed by atoms with Gasteiger partial charge in [0.1, 0.15) is 17.1 Å². The van der Waals surface area contributed by atoms with Crippen molar-refractivity contribution in [2.75, 3.05) is 33.5 Å². The van der Waals surface area contributed by atoms with E-state index in [2.05, 4.69) is 61.5 Å². The molecule has 1 N–H and O–H groups in total. The maximum absolute atomic E-state index is 12.9. The largest absolute Gasteiger partial charge is 0.497 e. The van der Waals surface area contributed by atoms with Crippen LogP contribution < -0.4 is 9.47 Å². The molecule has 3 aliphatic rings. The van der Waals surface area contributed by atoms with Gasteiger partial charge in [-0.1, -0.05) is 85.8 Å². The molecule has 1 atom stereocenters. The maximum Gasteiger partial charge on any atom is 0.283 e. The molecule has 0 aromatic heterocycles. The minimum atomic E-state index is -1.44. The van der Waals surface area contributed by atoms with E-state index < -0.39 is 11.6 Å². The Morgan fingerprint density at radius 1 is 0.689 bits per heavy atom. The average molecular weight is 601 g/mol. The van der Waals surface area contributed by atoms with Crippen molar-refractivity contribution in [2.45, 2.75) is 31.3 Å². The van der Waals surface area contributed by atoms with Gasteiger partial charge in [-0.25, -0.2) is 0 Å². The van der Waals surface area contributed by atoms with Gasteiger partial charge in [-0.15, -0.1) is 0 Å². The SMILES string of the molecule is COc1ccc(C(O)(c2ccc(OCCCC34OCC(C)(CO3)CO4)cc2)c2ccc3ccc4cccc5ccc2c3c45)cc1. The summed E-state index contributed by atoms with van der Waals surface area (Å²) >= 11 is 0. The van der Waals surface area contributed by atoms with Crippen LogP contribution in [0.15, 0.2) is 103 Å². The van der Waals surface area contributed by atoms with Crippen molar-refractivity contribution in [3.05, 3.63) is 120 Å². The summed E-state index contributed by atoms with van der Waals surface area (Å²) in [5.74, 6) is 0.517. The summed E-state index contributed by atoms with van der Waals surface area (Å²) in [5.41, 5.74) is 0.835. The van der Waals surface area contributed by atoms with Crippen LogP contribution in [0.5, 0.6) is 11.5 Å². The molecule has 0 spiro atoms. The predicted octanol–water partition coefficient (Wildman–Crippen LogP) is 7.77. The number of benzene rings is 6. The molecule has 6 heteroatoms. The average Bonchev–Trinajstić information content (AvgIpc) is 3.10. The van der Waals surface area contributed by atoms with Gasteiger partial charge >= 0.3 is 0 Å². The predicted molar refractivity (Wildman–Crippen MR) is 175 cm³/mol. The summed E-state index contributed by atoms with van der Waals surface area (Å²) in [7, 11) is 1.65. The summed E-state index contributed by atoms with van der Waals surface area (Å²) in [6.07, 6.45) is 1.32. The summed E-state index contributed by atoms with van der Waals surface area (Å²) in [6.45, 7) is 4.56. The molecule has 1 unspecified atom stereocenters. The first-order valence-electron chi connectivity index (χ1n) is 15.6. The van der Waals surface area contributed by atoms with E-state index >= 15 is 0 Å². The van der Waals surface area contributed by atoms with Crippen LogP contribution in [-0.2, 0) is 19.8 Å². The van der Waals surface area contributed by atoms with Gasteiger partial charge in [0.25, 0.3) is 5.97 Å². The van der Waals surface area contributed by atoms with Crippen LogP contribution in [0, 0.1) is 5.41 Å². The van der Waals surface area contributed by atoms with E-state index in [1.54, 1.807) is 7.11 Å². The number of rotatable bonds is 9. The van der Waals surface area contributed by atoms with Gasteiger partial charge in [0, 0.05) is 17.4 Å². The Balaban J connectivity index is 1.12. The second kappa shape index (κ2) is 10.7. The number of ether oxygens (including phenoxy) is 5. The Labute approximate surface area is 262 Å². The molecule has 6 nitrogen and oxygen atoms in total. The lowest BCUT2D eigenvalue weighted by molar-refractivity contribution is -0.467. The van der Waals surface area contributed by atoms with Crippen LogP contribution in [0.3, 0.4) is 0 Å². The van der Waals surface area contributed by atoms with Crippen LogP contribution in [0.4, 0.5) is 0 Å². The quantitative estimate of drug-likeness (QED) is 0.104. The Kier molecular flexibility index (Phi) is 6.73. The van der Waals surface area contributed by atoms with Gasteiger partial charge in [-0.2, -0.15) is 0 Å². The van der Waals surface area contributed by atoms with Gasteiger partial charge in [-0.05, 0) is 74.1 Å². The topological polar surface area (TPSA) is 66.4 Å². The second-order valence-corrected chi connectivity index (χ2v) is 12.7. The molecule has 6 aromatic rings. The Morgan fingerprint density at radius 2 is 1.24 bits per heavy atom. The lowest BCUT2D eigenvalue weighted by Crippen LogP contribution is -2.58. The Morgan fingerprint density at radius 3 is 1.87 bits per heavy atom. The van der Waals surface area contributed by atoms with E-state index in [1.165, 1.54) is 16.2 Å². The summed E-state index contributed by atoms with van der Waals surface area (Å²) in [4.78, 5) is 0. The Hall–Kier alpha value is -4.20. The van der Waals surface area contributed by atoms with Crippen molar-refractivity contribution in [3.8, 4) is 11.5 Å². The van der Waals surface area contributed by atoms with E-state index in [0.29, 0.717) is 32.8 Å². The first-order chi connectivity index (χ1) is 21.9. The number of methoxy groups -OCH3 is 1. The third-order valence-electron chi connectivity index (χ3n) is 9.52. The summed E-state index contributed by atoms with van der Waals surface area (Å²) in [6, 6.07) is 34.6. The molecule has 0 radical (unpaired) electrons. The molecule has 3 aliphatic heterocycles. The zero-order chi connectivity index (χ0) is 30.6. The van der Waals surface area contributed by atoms with Crippen LogP contribution in [0.2, 0.25) is 0 Å². The third kappa shape index (κ3) is 4.72. The minimum Gasteiger partial charge on any atom is -0.497 e. The second-order valence-electron chi connectivity index (χ2n) is 12.7. The monoisotopic (exact) mass is 600 g/mol. The van der Waals surface area contributed by atoms with E-state index in [1.807, 2.05) is 48.5 Å². The zero-order valence-electron chi connectivity index (χ0n) is 25.5. The van der Waals surface area contributed by atoms with Crippen LogP contribution >= 0.6 is 0 Å². The standard InChI is InChI=1S/C39H36O6/c1-37-23-43-38(44-24-37,45-25-37)21-4-22-42-32-17-13-30(14-18-32)39(40,29-11-15-31(41-2)16-12-29)34-20-10-28-8-7-26-5-3-6-27-9-19-33(34)36(28)35(26)27/h3,5-20,40H,4,21-25H2,1-2H3. The van der Waals surface area contributed by atoms with Crippen molar-refractivity contribution in [1.82, 2.24) is 0 Å². The van der Waals surface area contributed by atoms with Crippen LogP contribution in [0.1, 0.15) is 36.5 Å². The lowest BCUT2D eigenvalue weighted by Gasteiger charge is -2.50. The highest BCUT2D eigenvalue weighted by atomic mass is 16.9. The fourth-order valence-electron chi connectivity index (χ4n) is 6.95. The fourth-order valence-corrected chi connectivity index (χ4v) is 6.95. The highest BCUT2D eigenvalue weighted by molar-refractivity contribution is 6.23. The third-order valence-corrected chi connectivity index (χ3v) is 9.52. The summed E-state index contributed by atoms with van der Waals surface area (Å²) in [5, 5.41) is 19.8.